The molecule has 1 aromatic heterocycles. The lowest BCUT2D eigenvalue weighted by atomic mass is 10.1. The fourth-order valence-electron chi connectivity index (χ4n) is 1.56. The van der Waals surface area contributed by atoms with Gasteiger partial charge >= 0.3 is 0 Å². The monoisotopic (exact) mass is 234 g/mol. The van der Waals surface area contributed by atoms with E-state index in [4.69, 9.17) is 10.8 Å². The van der Waals surface area contributed by atoms with Crippen LogP contribution in [0.3, 0.4) is 0 Å². The van der Waals surface area contributed by atoms with E-state index < -0.39 is 0 Å². The molecule has 0 aliphatic heterocycles. The van der Waals surface area contributed by atoms with Gasteiger partial charge in [-0.2, -0.15) is 0 Å². The second-order valence-corrected chi connectivity index (χ2v) is 4.64. The van der Waals surface area contributed by atoms with Crippen LogP contribution in [0.15, 0.2) is 35.5 Å². The van der Waals surface area contributed by atoms with E-state index >= 15 is 0 Å². The van der Waals surface area contributed by atoms with E-state index in [9.17, 15) is 0 Å². The summed E-state index contributed by atoms with van der Waals surface area (Å²) in [5.41, 5.74) is 6.68. The van der Waals surface area contributed by atoms with Gasteiger partial charge in [0.25, 0.3) is 0 Å². The topological polar surface area (TPSA) is 59.1 Å². The minimum Gasteiger partial charge on any atom is -0.398 e. The van der Waals surface area contributed by atoms with Gasteiger partial charge in [-0.3, -0.25) is 4.98 Å². The van der Waals surface area contributed by atoms with Crippen LogP contribution in [-0.4, -0.2) is 22.5 Å². The Bertz CT molecular complexity index is 487. The van der Waals surface area contributed by atoms with E-state index in [1.807, 2.05) is 24.4 Å². The summed E-state index contributed by atoms with van der Waals surface area (Å²) in [6.07, 6.45) is 4.39. The van der Waals surface area contributed by atoms with Crippen LogP contribution in [-0.2, 0) is 0 Å². The largest absolute Gasteiger partial charge is 0.398 e. The number of aliphatic hydroxyl groups excluding tert-OH is 1. The smallest absolute Gasteiger partial charge is 0.0439 e. The molecule has 84 valence electrons. The molecule has 0 amide bonds. The number of fused-ring (bicyclic) bond motifs is 1. The summed E-state index contributed by atoms with van der Waals surface area (Å²) >= 11 is 1.73. The van der Waals surface area contributed by atoms with Gasteiger partial charge in [0.05, 0.1) is 0 Å². The molecule has 3 N–H and O–H groups in total. The number of anilines is 1. The first-order valence-electron chi connectivity index (χ1n) is 5.19. The number of benzene rings is 1. The number of aliphatic hydroxyl groups is 1. The number of aromatic nitrogens is 1. The van der Waals surface area contributed by atoms with Crippen molar-refractivity contribution in [3.8, 4) is 0 Å². The maximum Gasteiger partial charge on any atom is 0.0439 e. The van der Waals surface area contributed by atoms with Crippen LogP contribution >= 0.6 is 11.8 Å². The predicted octanol–water partition coefficient (Wildman–Crippen LogP) is 2.29. The van der Waals surface area contributed by atoms with Crippen molar-refractivity contribution < 1.29 is 5.11 Å². The molecule has 0 atom stereocenters. The van der Waals surface area contributed by atoms with Crippen molar-refractivity contribution in [2.45, 2.75) is 11.3 Å². The van der Waals surface area contributed by atoms with Crippen molar-refractivity contribution in [2.75, 3.05) is 18.1 Å². The zero-order chi connectivity index (χ0) is 11.4. The van der Waals surface area contributed by atoms with E-state index in [-0.39, 0.29) is 6.61 Å². The summed E-state index contributed by atoms with van der Waals surface area (Å²) in [5, 5.41) is 10.9. The fourth-order valence-corrected chi connectivity index (χ4v) is 2.54. The third-order valence-corrected chi connectivity index (χ3v) is 3.53. The van der Waals surface area contributed by atoms with Crippen molar-refractivity contribution in [3.05, 3.63) is 30.6 Å². The molecule has 1 heterocycles. The summed E-state index contributed by atoms with van der Waals surface area (Å²) in [6.45, 7) is 0.234. The normalized spacial score (nSPS) is 10.8. The molecule has 1 aromatic carbocycles. The number of hydrogen-bond acceptors (Lipinski definition) is 4. The molecular formula is C12H14N2OS. The summed E-state index contributed by atoms with van der Waals surface area (Å²) < 4.78 is 0. The van der Waals surface area contributed by atoms with E-state index in [1.54, 1.807) is 18.0 Å². The fraction of sp³-hybridized carbons (Fsp3) is 0.250. The van der Waals surface area contributed by atoms with Crippen molar-refractivity contribution >= 4 is 28.2 Å². The van der Waals surface area contributed by atoms with Gasteiger partial charge in [-0.15, -0.1) is 11.8 Å². The van der Waals surface area contributed by atoms with Gasteiger partial charge in [0.1, 0.15) is 0 Å². The second-order valence-electron chi connectivity index (χ2n) is 3.50. The van der Waals surface area contributed by atoms with Crippen molar-refractivity contribution in [1.29, 1.82) is 0 Å². The highest BCUT2D eigenvalue weighted by Gasteiger charge is 2.04. The molecular weight excluding hydrogens is 220 g/mol. The first-order chi connectivity index (χ1) is 7.83. The molecule has 2 aromatic rings. The van der Waals surface area contributed by atoms with Crippen molar-refractivity contribution in [2.24, 2.45) is 0 Å². The van der Waals surface area contributed by atoms with Crippen LogP contribution in [0.4, 0.5) is 5.69 Å². The van der Waals surface area contributed by atoms with Gasteiger partial charge in [0.15, 0.2) is 0 Å². The zero-order valence-corrected chi connectivity index (χ0v) is 9.70. The Kier molecular flexibility index (Phi) is 3.64. The van der Waals surface area contributed by atoms with Gasteiger partial charge in [0.2, 0.25) is 0 Å². The van der Waals surface area contributed by atoms with Crippen LogP contribution in [0.2, 0.25) is 0 Å². The summed E-state index contributed by atoms with van der Waals surface area (Å²) in [5.74, 6) is 0.907. The van der Waals surface area contributed by atoms with Crippen molar-refractivity contribution in [3.63, 3.8) is 0 Å². The molecule has 0 spiro atoms. The molecule has 4 heteroatoms. The van der Waals surface area contributed by atoms with Gasteiger partial charge in [-0.25, -0.2) is 0 Å². The van der Waals surface area contributed by atoms with E-state index in [1.165, 1.54) is 4.90 Å². The highest BCUT2D eigenvalue weighted by atomic mass is 32.2. The predicted molar refractivity (Wildman–Crippen MR) is 68.6 cm³/mol. The van der Waals surface area contributed by atoms with Crippen LogP contribution in [0, 0.1) is 0 Å². The molecule has 0 saturated heterocycles. The van der Waals surface area contributed by atoms with E-state index in [0.717, 1.165) is 28.6 Å². The number of thioether (sulfide) groups is 1. The molecule has 0 radical (unpaired) electrons. The number of hydrogen-bond donors (Lipinski definition) is 2. The molecule has 0 bridgehead atoms. The lowest BCUT2D eigenvalue weighted by Crippen LogP contribution is -1.90. The Morgan fingerprint density at radius 1 is 1.25 bits per heavy atom. The Labute approximate surface area is 98.7 Å². The maximum absolute atomic E-state index is 8.76. The standard InChI is InChI=1S/C12H14N2OS/c13-11-2-3-12(16-7-1-6-15)10-8-14-5-4-9(10)11/h2-5,8,15H,1,6-7,13H2. The number of rotatable bonds is 4. The summed E-state index contributed by atoms with van der Waals surface area (Å²) in [7, 11) is 0. The number of nitrogens with zero attached hydrogens (tertiary/aromatic N) is 1. The highest BCUT2D eigenvalue weighted by molar-refractivity contribution is 7.99. The van der Waals surface area contributed by atoms with E-state index in [2.05, 4.69) is 4.98 Å². The van der Waals surface area contributed by atoms with E-state index in [0.29, 0.717) is 0 Å². The Morgan fingerprint density at radius 2 is 2.12 bits per heavy atom. The minimum absolute atomic E-state index is 0.234. The van der Waals surface area contributed by atoms with Gasteiger partial charge < -0.3 is 10.8 Å². The first kappa shape index (κ1) is 11.2. The molecule has 0 fully saturated rings. The molecule has 2 rings (SSSR count). The molecule has 0 aliphatic carbocycles. The van der Waals surface area contributed by atoms with Gasteiger partial charge in [0, 0.05) is 46.1 Å². The number of pyridine rings is 1. The molecule has 0 unspecified atom stereocenters. The van der Waals surface area contributed by atoms with Crippen LogP contribution in [0.5, 0.6) is 0 Å². The molecule has 0 saturated carbocycles. The molecule has 0 aliphatic rings. The maximum atomic E-state index is 8.76. The molecule has 16 heavy (non-hydrogen) atoms. The lowest BCUT2D eigenvalue weighted by molar-refractivity contribution is 0.296. The average molecular weight is 234 g/mol. The Balaban J connectivity index is 2.35. The minimum atomic E-state index is 0.234. The molecule has 3 nitrogen and oxygen atoms in total. The third kappa shape index (κ3) is 2.28. The second kappa shape index (κ2) is 5.18. The van der Waals surface area contributed by atoms with Crippen molar-refractivity contribution in [1.82, 2.24) is 4.98 Å². The third-order valence-electron chi connectivity index (χ3n) is 2.37. The number of nitrogens with two attached hydrogens (primary N) is 1. The highest BCUT2D eigenvalue weighted by Crippen LogP contribution is 2.30. The summed E-state index contributed by atoms with van der Waals surface area (Å²) in [4.78, 5) is 5.30. The Hall–Kier alpha value is -1.26. The number of nitrogen functional groups attached to an aromatic ring is 1. The Morgan fingerprint density at radius 3 is 2.94 bits per heavy atom. The van der Waals surface area contributed by atoms with Crippen LogP contribution < -0.4 is 5.73 Å². The quantitative estimate of drug-likeness (QED) is 0.484. The van der Waals surface area contributed by atoms with Crippen LogP contribution in [0.1, 0.15) is 6.42 Å². The zero-order valence-electron chi connectivity index (χ0n) is 8.89. The summed E-state index contributed by atoms with van der Waals surface area (Å²) in [6, 6.07) is 5.87. The average Bonchev–Trinajstić information content (AvgIpc) is 2.33. The van der Waals surface area contributed by atoms with Gasteiger partial charge in [-0.1, -0.05) is 0 Å². The first-order valence-corrected chi connectivity index (χ1v) is 6.17. The van der Waals surface area contributed by atoms with Crippen LogP contribution in [0.25, 0.3) is 10.8 Å². The van der Waals surface area contributed by atoms with Gasteiger partial charge in [-0.05, 0) is 24.6 Å². The lowest BCUT2D eigenvalue weighted by Gasteiger charge is -2.07. The SMILES string of the molecule is Nc1ccc(SCCCO)c2cnccc12.